The van der Waals surface area contributed by atoms with E-state index in [0.717, 1.165) is 0 Å². The summed E-state index contributed by atoms with van der Waals surface area (Å²) < 4.78 is 12.3. The molecule has 0 spiro atoms. The molecule has 1 atom stereocenters. The van der Waals surface area contributed by atoms with Crippen LogP contribution in [0.5, 0.6) is 0 Å². The zero-order chi connectivity index (χ0) is 6.78. The Hall–Kier alpha value is 1.02. The van der Waals surface area contributed by atoms with Crippen LogP contribution in [0, 0.1) is 0 Å². The van der Waals surface area contributed by atoms with Crippen molar-refractivity contribution in [3.05, 3.63) is 0 Å². The molecule has 0 fully saturated rings. The van der Waals surface area contributed by atoms with E-state index in [2.05, 4.69) is 0 Å². The number of rotatable bonds is 2. The maximum absolute atomic E-state index is 12.3. The van der Waals surface area contributed by atoms with E-state index in [-0.39, 0.29) is 0 Å². The molecule has 1 unspecified atom stereocenters. The Morgan fingerprint density at radius 3 is 1.88 bits per heavy atom. The van der Waals surface area contributed by atoms with Gasteiger partial charge in [-0.15, -0.1) is 33.2 Å². The smallest absolute Gasteiger partial charge is 0.247 e. The van der Waals surface area contributed by atoms with Gasteiger partial charge in [0.25, 0.3) is 0 Å². The summed E-state index contributed by atoms with van der Waals surface area (Å²) in [6.07, 6.45) is 0.294. The van der Waals surface area contributed by atoms with Crippen molar-refractivity contribution in [2.45, 2.75) is 19.1 Å². The van der Waals surface area contributed by atoms with Crippen LogP contribution in [-0.4, -0.2) is 11.8 Å². The van der Waals surface area contributed by atoms with Gasteiger partial charge in [-0.05, 0) is 6.42 Å². The van der Waals surface area contributed by atoms with E-state index in [1.54, 1.807) is 6.92 Å². The molecule has 0 bridgehead atoms. The summed E-state index contributed by atoms with van der Waals surface area (Å²) >= 11 is 15.8. The van der Waals surface area contributed by atoms with E-state index >= 15 is 0 Å². The topological polar surface area (TPSA) is 0 Å². The molecule has 0 aromatic carbocycles. The van der Waals surface area contributed by atoms with E-state index in [1.807, 2.05) is 0 Å². The average Bonchev–Trinajstić information content (AvgIpc) is 1.62. The zero-order valence-corrected chi connectivity index (χ0v) is 7.56. The minimum Gasteiger partial charge on any atom is -0.247 e. The Labute approximate surface area is 63.0 Å². The van der Waals surface area contributed by atoms with Crippen molar-refractivity contribution in [3.63, 3.8) is 0 Å². The second-order valence-corrected chi connectivity index (χ2v) is 10.2. The van der Waals surface area contributed by atoms with Crippen LogP contribution in [0.15, 0.2) is 0 Å². The summed E-state index contributed by atoms with van der Waals surface area (Å²) in [6.45, 7) is 1.65. The maximum Gasteiger partial charge on any atom is 0.374 e. The SMILES string of the molecule is CCC(F)[Si](Cl)(Cl)Cl. The van der Waals surface area contributed by atoms with Gasteiger partial charge in [0.1, 0.15) is 5.79 Å². The lowest BCUT2D eigenvalue weighted by atomic mass is 10.5. The van der Waals surface area contributed by atoms with Crippen molar-refractivity contribution in [2.24, 2.45) is 0 Å². The maximum atomic E-state index is 12.3. The largest absolute Gasteiger partial charge is 0.374 e. The van der Waals surface area contributed by atoms with Crippen LogP contribution in [0.4, 0.5) is 4.39 Å². The Morgan fingerprint density at radius 1 is 1.50 bits per heavy atom. The van der Waals surface area contributed by atoms with E-state index in [4.69, 9.17) is 33.2 Å². The molecule has 0 aromatic heterocycles. The second kappa shape index (κ2) is 3.25. The number of alkyl halides is 1. The van der Waals surface area contributed by atoms with Crippen LogP contribution in [0.1, 0.15) is 13.3 Å². The summed E-state index contributed by atoms with van der Waals surface area (Å²) in [5, 5.41) is 0. The van der Waals surface area contributed by atoms with Crippen LogP contribution < -0.4 is 0 Å². The molecule has 0 N–H and O–H groups in total. The zero-order valence-electron chi connectivity index (χ0n) is 4.30. The molecule has 0 aliphatic rings. The molecule has 5 heteroatoms. The molecule has 0 radical (unpaired) electrons. The van der Waals surface area contributed by atoms with Gasteiger partial charge in [0.2, 0.25) is 0 Å². The number of hydrogen-bond acceptors (Lipinski definition) is 0. The first kappa shape index (κ1) is 9.02. The van der Waals surface area contributed by atoms with Gasteiger partial charge in [0.05, 0.1) is 0 Å². The van der Waals surface area contributed by atoms with Gasteiger partial charge in [-0.1, -0.05) is 6.92 Å². The van der Waals surface area contributed by atoms with Crippen LogP contribution in [0.25, 0.3) is 0 Å². The first-order valence-corrected chi connectivity index (χ1v) is 7.30. The van der Waals surface area contributed by atoms with Crippen molar-refractivity contribution in [1.82, 2.24) is 0 Å². The van der Waals surface area contributed by atoms with E-state index in [0.29, 0.717) is 6.42 Å². The van der Waals surface area contributed by atoms with Gasteiger partial charge in [-0.2, -0.15) is 0 Å². The molecule has 0 rings (SSSR count). The van der Waals surface area contributed by atoms with Gasteiger partial charge in [-0.3, -0.25) is 0 Å². The first-order chi connectivity index (χ1) is 3.48. The van der Waals surface area contributed by atoms with Crippen LogP contribution >= 0.6 is 33.2 Å². The molecule has 0 aliphatic heterocycles. The average molecular weight is 196 g/mol. The van der Waals surface area contributed by atoms with Crippen molar-refractivity contribution in [1.29, 1.82) is 0 Å². The molecule has 0 amide bonds. The predicted molar refractivity (Wildman–Crippen MR) is 38.5 cm³/mol. The van der Waals surface area contributed by atoms with Gasteiger partial charge in [-0.25, -0.2) is 4.39 Å². The molecular weight excluding hydrogens is 189 g/mol. The van der Waals surface area contributed by atoms with Crippen LogP contribution in [-0.2, 0) is 0 Å². The fourth-order valence-corrected chi connectivity index (χ4v) is 2.08. The lowest BCUT2D eigenvalue weighted by Gasteiger charge is -2.09. The minimum atomic E-state index is -3.01. The minimum absolute atomic E-state index is 0.294. The molecule has 0 aromatic rings. The first-order valence-electron chi connectivity index (χ1n) is 2.19. The van der Waals surface area contributed by atoms with Crippen molar-refractivity contribution in [3.8, 4) is 0 Å². The van der Waals surface area contributed by atoms with Crippen molar-refractivity contribution in [2.75, 3.05) is 0 Å². The fourth-order valence-electron chi connectivity index (χ4n) is 0.231. The molecule has 8 heavy (non-hydrogen) atoms. The quantitative estimate of drug-likeness (QED) is 0.469. The van der Waals surface area contributed by atoms with E-state index in [9.17, 15) is 4.39 Å². The Kier molecular flexibility index (Phi) is 3.67. The fraction of sp³-hybridized carbons (Fsp3) is 1.00. The molecule has 0 aliphatic carbocycles. The normalized spacial score (nSPS) is 16.1. The van der Waals surface area contributed by atoms with E-state index < -0.39 is 11.8 Å². The summed E-state index contributed by atoms with van der Waals surface area (Å²) in [5.74, 6) is -1.22. The third kappa shape index (κ3) is 3.12. The molecule has 0 saturated carbocycles. The Balaban J connectivity index is 3.62. The predicted octanol–water partition coefficient (Wildman–Crippen LogP) is 2.93. The Bertz CT molecular complexity index is 71.4. The number of hydrogen-bond donors (Lipinski definition) is 0. The van der Waals surface area contributed by atoms with Gasteiger partial charge >= 0.3 is 6.00 Å². The highest BCUT2D eigenvalue weighted by Gasteiger charge is 2.35. The standard InChI is InChI=1S/C3H6Cl3FSi/c1-2-3(7)8(4,5)6/h3H,2H2,1H3. The summed E-state index contributed by atoms with van der Waals surface area (Å²) in [4.78, 5) is 0. The van der Waals surface area contributed by atoms with Crippen LogP contribution in [0.3, 0.4) is 0 Å². The van der Waals surface area contributed by atoms with Crippen molar-refractivity contribution >= 4 is 39.2 Å². The lowest BCUT2D eigenvalue weighted by molar-refractivity contribution is 0.427. The summed E-state index contributed by atoms with van der Waals surface area (Å²) in [5.41, 5.74) is 0. The van der Waals surface area contributed by atoms with E-state index in [1.165, 1.54) is 0 Å². The molecule has 0 nitrogen and oxygen atoms in total. The van der Waals surface area contributed by atoms with Gasteiger partial charge in [0, 0.05) is 0 Å². The second-order valence-electron chi connectivity index (χ2n) is 1.42. The molecule has 0 saturated heterocycles. The summed E-state index contributed by atoms with van der Waals surface area (Å²) in [7, 11) is 0. The van der Waals surface area contributed by atoms with Gasteiger partial charge < -0.3 is 0 Å². The highest BCUT2D eigenvalue weighted by molar-refractivity contribution is 7.65. The third-order valence-corrected chi connectivity index (χ3v) is 3.96. The molecule has 0 heterocycles. The number of halogens is 4. The third-order valence-electron chi connectivity index (χ3n) is 0.714. The summed E-state index contributed by atoms with van der Waals surface area (Å²) in [6, 6.07) is -3.01. The van der Waals surface area contributed by atoms with Crippen LogP contribution in [0.2, 0.25) is 0 Å². The molecular formula is C3H6Cl3FSi. The van der Waals surface area contributed by atoms with Gasteiger partial charge in [0.15, 0.2) is 0 Å². The monoisotopic (exact) mass is 194 g/mol. The molecule has 50 valence electrons. The lowest BCUT2D eigenvalue weighted by Crippen LogP contribution is -2.25. The highest BCUT2D eigenvalue weighted by atomic mass is 35.8. The highest BCUT2D eigenvalue weighted by Crippen LogP contribution is 2.27. The van der Waals surface area contributed by atoms with Crippen molar-refractivity contribution < 1.29 is 4.39 Å². The Morgan fingerprint density at radius 2 is 1.88 bits per heavy atom.